The van der Waals surface area contributed by atoms with Crippen molar-refractivity contribution >= 4 is 17.8 Å². The van der Waals surface area contributed by atoms with Gasteiger partial charge in [0.1, 0.15) is 11.4 Å². The molecule has 0 spiro atoms. The summed E-state index contributed by atoms with van der Waals surface area (Å²) >= 11 is 0. The zero-order valence-corrected chi connectivity index (χ0v) is 26.2. The Morgan fingerprint density at radius 2 is 1.67 bits per heavy atom. The molecule has 0 radical (unpaired) electrons. The zero-order valence-electron chi connectivity index (χ0n) is 26.2. The van der Waals surface area contributed by atoms with Gasteiger partial charge in [0.25, 0.3) is 5.91 Å². The fraction of sp³-hybridized carbons (Fsp3) is 0.406. The van der Waals surface area contributed by atoms with Crippen LogP contribution in [0.4, 0.5) is 10.6 Å². The highest BCUT2D eigenvalue weighted by molar-refractivity contribution is 5.93. The molecule has 0 bridgehead atoms. The van der Waals surface area contributed by atoms with E-state index < -0.39 is 11.7 Å². The molecule has 0 fully saturated rings. The van der Waals surface area contributed by atoms with Crippen LogP contribution in [0.15, 0.2) is 60.0 Å². The lowest BCUT2D eigenvalue weighted by Gasteiger charge is -2.20. The normalized spacial score (nSPS) is 12.6. The van der Waals surface area contributed by atoms with Crippen molar-refractivity contribution in [2.45, 2.75) is 87.5 Å². The van der Waals surface area contributed by atoms with Crippen LogP contribution >= 0.6 is 0 Å². The molecule has 2 N–H and O–H groups in total. The number of pyridine rings is 1. The monoisotopic (exact) mass is 573 g/mol. The van der Waals surface area contributed by atoms with Crippen molar-refractivity contribution in [3.8, 4) is 0 Å². The third-order valence-corrected chi connectivity index (χ3v) is 6.54. The maximum absolute atomic E-state index is 12.9. The van der Waals surface area contributed by atoms with Crippen molar-refractivity contribution < 1.29 is 14.3 Å². The molecule has 0 aliphatic heterocycles. The molecule has 3 aromatic rings. The highest BCUT2D eigenvalue weighted by Gasteiger charge is 2.18. The Bertz CT molecular complexity index is 1490. The number of amides is 2. The quantitative estimate of drug-likeness (QED) is 0.282. The molecule has 2 amide bonds. The average molecular weight is 574 g/mol. The molecule has 0 aromatic carbocycles. The Morgan fingerprint density at radius 1 is 1.00 bits per heavy atom. The minimum absolute atomic E-state index is 0.227. The molecular formula is C32H43N7O3. The van der Waals surface area contributed by atoms with Gasteiger partial charge in [0.2, 0.25) is 0 Å². The number of hydrogen-bond acceptors (Lipinski definition) is 6. The van der Waals surface area contributed by atoms with Gasteiger partial charge in [-0.15, -0.1) is 0 Å². The summed E-state index contributed by atoms with van der Waals surface area (Å²) in [5, 5.41) is 14.6. The van der Waals surface area contributed by atoms with Gasteiger partial charge in [0.05, 0.1) is 30.5 Å². The summed E-state index contributed by atoms with van der Waals surface area (Å²) in [6, 6.07) is 3.83. The summed E-state index contributed by atoms with van der Waals surface area (Å²) in [6.07, 6.45) is 11.0. The van der Waals surface area contributed by atoms with E-state index >= 15 is 0 Å². The molecule has 10 nitrogen and oxygen atoms in total. The highest BCUT2D eigenvalue weighted by atomic mass is 16.6. The Morgan fingerprint density at radius 3 is 2.24 bits per heavy atom. The van der Waals surface area contributed by atoms with Crippen molar-refractivity contribution in [3.05, 3.63) is 93.7 Å². The van der Waals surface area contributed by atoms with Crippen LogP contribution in [0.5, 0.6) is 0 Å². The summed E-state index contributed by atoms with van der Waals surface area (Å²) in [7, 11) is 0. The smallest absolute Gasteiger partial charge is 0.413 e. The van der Waals surface area contributed by atoms with Gasteiger partial charge >= 0.3 is 6.09 Å². The fourth-order valence-corrected chi connectivity index (χ4v) is 4.33. The molecule has 3 rings (SSSR count). The molecular weight excluding hydrogens is 530 g/mol. The van der Waals surface area contributed by atoms with Crippen molar-refractivity contribution in [3.63, 3.8) is 0 Å². The molecule has 0 aliphatic carbocycles. The number of aryl methyl sites for hydroxylation is 4. The Balaban J connectivity index is 1.58. The summed E-state index contributed by atoms with van der Waals surface area (Å²) in [5.41, 5.74) is 6.70. The number of aromatic nitrogens is 5. The third-order valence-electron chi connectivity index (χ3n) is 6.54. The van der Waals surface area contributed by atoms with Crippen molar-refractivity contribution in [2.24, 2.45) is 0 Å². The molecule has 10 heteroatoms. The zero-order chi connectivity index (χ0) is 31.0. The van der Waals surface area contributed by atoms with E-state index in [1.807, 2.05) is 45.4 Å². The van der Waals surface area contributed by atoms with Gasteiger partial charge in [0, 0.05) is 24.1 Å². The standard InChI is InChI=1S/C32H43N7O3/c1-10-25(12-13-26(11-2)19-39-23(5)15-22(4)37-39)18-38-20-27(16-34-38)30(40)33-17-28-21(3)14-29(35-24(28)6)36-31(41)42-32(7,8)9/h10-16,20H,17-19H2,1-9H3,(H,33,40)(H,35,36,41)/b13-12-,25-10+,26-11+. The van der Waals surface area contributed by atoms with E-state index in [2.05, 4.69) is 57.0 Å². The van der Waals surface area contributed by atoms with Crippen molar-refractivity contribution in [1.82, 2.24) is 29.9 Å². The van der Waals surface area contributed by atoms with Crippen LogP contribution in [0.2, 0.25) is 0 Å². The molecule has 42 heavy (non-hydrogen) atoms. The van der Waals surface area contributed by atoms with E-state index in [0.717, 1.165) is 33.7 Å². The summed E-state index contributed by atoms with van der Waals surface area (Å²) in [4.78, 5) is 29.5. The van der Waals surface area contributed by atoms with E-state index in [1.54, 1.807) is 43.9 Å². The Labute approximate surface area is 248 Å². The number of anilines is 1. The number of carbonyl (C=O) groups excluding carboxylic acids is 2. The number of ether oxygens (including phenoxy) is 1. The lowest BCUT2D eigenvalue weighted by atomic mass is 10.1. The number of carbonyl (C=O) groups is 2. The van der Waals surface area contributed by atoms with Gasteiger partial charge < -0.3 is 10.1 Å². The van der Waals surface area contributed by atoms with Crippen LogP contribution in [-0.4, -0.2) is 42.1 Å². The number of nitrogens with zero attached hydrogens (tertiary/aromatic N) is 5. The largest absolute Gasteiger partial charge is 0.444 e. The maximum atomic E-state index is 12.9. The maximum Gasteiger partial charge on any atom is 0.413 e. The SMILES string of the molecule is C\C=C(/C=C\C(=C/C)Cn1nc(C)cc1C)Cn1cc(C(=O)NCc2c(C)cc(NC(=O)OC(C)(C)C)nc2C)cn1. The summed E-state index contributed by atoms with van der Waals surface area (Å²) < 4.78 is 9.05. The van der Waals surface area contributed by atoms with Gasteiger partial charge in [-0.2, -0.15) is 10.2 Å². The molecule has 3 aromatic heterocycles. The predicted octanol–water partition coefficient (Wildman–Crippen LogP) is 6.13. The molecule has 0 unspecified atom stereocenters. The number of allylic oxidation sites excluding steroid dienone is 6. The summed E-state index contributed by atoms with van der Waals surface area (Å²) in [6.45, 7) is 18.7. The van der Waals surface area contributed by atoms with Crippen LogP contribution in [0, 0.1) is 27.7 Å². The second-order valence-corrected chi connectivity index (χ2v) is 11.3. The lowest BCUT2D eigenvalue weighted by molar-refractivity contribution is 0.0635. The second kappa shape index (κ2) is 13.9. The number of nitrogens with one attached hydrogen (secondary N) is 2. The van der Waals surface area contributed by atoms with Gasteiger partial charge in [-0.3, -0.25) is 19.5 Å². The fourth-order valence-electron chi connectivity index (χ4n) is 4.33. The van der Waals surface area contributed by atoms with E-state index in [-0.39, 0.29) is 5.91 Å². The highest BCUT2D eigenvalue weighted by Crippen LogP contribution is 2.18. The Hall–Kier alpha value is -4.47. The number of rotatable bonds is 10. The molecule has 3 heterocycles. The molecule has 0 saturated carbocycles. The third kappa shape index (κ3) is 9.29. The second-order valence-electron chi connectivity index (χ2n) is 11.3. The van der Waals surface area contributed by atoms with E-state index in [0.29, 0.717) is 36.7 Å². The van der Waals surface area contributed by atoms with Crippen LogP contribution in [0.3, 0.4) is 0 Å². The predicted molar refractivity (Wildman–Crippen MR) is 165 cm³/mol. The molecule has 224 valence electrons. The minimum atomic E-state index is -0.604. The van der Waals surface area contributed by atoms with Gasteiger partial charge in [-0.1, -0.05) is 24.3 Å². The first-order valence-corrected chi connectivity index (χ1v) is 14.0. The van der Waals surface area contributed by atoms with E-state index in [4.69, 9.17) is 4.74 Å². The molecule has 0 aliphatic rings. The van der Waals surface area contributed by atoms with E-state index in [1.165, 1.54) is 0 Å². The van der Waals surface area contributed by atoms with Crippen molar-refractivity contribution in [1.29, 1.82) is 0 Å². The molecule has 0 saturated heterocycles. The van der Waals surface area contributed by atoms with Crippen LogP contribution < -0.4 is 10.6 Å². The van der Waals surface area contributed by atoms with Crippen molar-refractivity contribution in [2.75, 3.05) is 5.32 Å². The van der Waals surface area contributed by atoms with Gasteiger partial charge in [-0.25, -0.2) is 9.78 Å². The molecule has 0 atom stereocenters. The van der Waals surface area contributed by atoms with Crippen LogP contribution in [-0.2, 0) is 24.4 Å². The van der Waals surface area contributed by atoms with Crippen LogP contribution in [0.25, 0.3) is 0 Å². The first-order chi connectivity index (χ1) is 19.8. The first-order valence-electron chi connectivity index (χ1n) is 14.0. The van der Waals surface area contributed by atoms with Gasteiger partial charge in [-0.05, 0) is 96.7 Å². The first kappa shape index (κ1) is 32.0. The average Bonchev–Trinajstić information content (AvgIpc) is 3.48. The van der Waals surface area contributed by atoms with Gasteiger partial charge in [0.15, 0.2) is 0 Å². The minimum Gasteiger partial charge on any atom is -0.444 e. The topological polar surface area (TPSA) is 116 Å². The number of hydrogen-bond donors (Lipinski definition) is 2. The Kier molecular flexibility index (Phi) is 10.6. The lowest BCUT2D eigenvalue weighted by Crippen LogP contribution is -2.28. The summed E-state index contributed by atoms with van der Waals surface area (Å²) in [5.74, 6) is 0.173. The van der Waals surface area contributed by atoms with E-state index in [9.17, 15) is 9.59 Å². The van der Waals surface area contributed by atoms with Crippen LogP contribution in [0.1, 0.15) is 73.2 Å².